The van der Waals surface area contributed by atoms with Crippen molar-refractivity contribution in [1.29, 1.82) is 0 Å². The van der Waals surface area contributed by atoms with Gasteiger partial charge in [0.05, 0.1) is 5.92 Å². The van der Waals surface area contributed by atoms with Crippen molar-refractivity contribution in [3.05, 3.63) is 29.8 Å². The molecule has 5 heteroatoms. The lowest BCUT2D eigenvalue weighted by molar-refractivity contribution is -0.147. The Labute approximate surface area is 130 Å². The highest BCUT2D eigenvalue weighted by Crippen LogP contribution is 2.20. The van der Waals surface area contributed by atoms with E-state index in [4.69, 9.17) is 9.84 Å². The van der Waals surface area contributed by atoms with Crippen LogP contribution in [0.4, 0.5) is 0 Å². The molecule has 1 aromatic carbocycles. The predicted octanol–water partition coefficient (Wildman–Crippen LogP) is 2.34. The molecule has 1 fully saturated rings. The van der Waals surface area contributed by atoms with Gasteiger partial charge in [-0.15, -0.1) is 0 Å². The third-order valence-electron chi connectivity index (χ3n) is 4.15. The first-order valence-electron chi connectivity index (χ1n) is 7.78. The summed E-state index contributed by atoms with van der Waals surface area (Å²) in [4.78, 5) is 25.0. The van der Waals surface area contributed by atoms with Gasteiger partial charge in [-0.25, -0.2) is 0 Å². The van der Waals surface area contributed by atoms with Crippen molar-refractivity contribution in [2.24, 2.45) is 5.92 Å². The number of hydrogen-bond acceptors (Lipinski definition) is 3. The lowest BCUT2D eigenvalue weighted by Crippen LogP contribution is -2.45. The number of nitrogens with zero attached hydrogens (tertiary/aromatic N) is 1. The van der Waals surface area contributed by atoms with Gasteiger partial charge in [-0.05, 0) is 43.9 Å². The molecule has 1 saturated heterocycles. The van der Waals surface area contributed by atoms with Crippen LogP contribution in [0.1, 0.15) is 32.3 Å². The number of carbonyl (C=O) groups is 2. The van der Waals surface area contributed by atoms with Gasteiger partial charge in [0.25, 0.3) is 5.91 Å². The quantitative estimate of drug-likeness (QED) is 0.906. The van der Waals surface area contributed by atoms with E-state index in [1.807, 2.05) is 24.3 Å². The van der Waals surface area contributed by atoms with Gasteiger partial charge in [-0.2, -0.15) is 0 Å². The second-order valence-electron chi connectivity index (χ2n) is 5.70. The van der Waals surface area contributed by atoms with Crippen LogP contribution in [-0.4, -0.2) is 41.1 Å². The summed E-state index contributed by atoms with van der Waals surface area (Å²) in [5.74, 6) is -0.504. The maximum Gasteiger partial charge on any atom is 0.306 e. The number of benzene rings is 1. The van der Waals surface area contributed by atoms with Gasteiger partial charge in [0.2, 0.25) is 0 Å². The summed E-state index contributed by atoms with van der Waals surface area (Å²) in [6, 6.07) is 7.73. The Balaban J connectivity index is 1.88. The van der Waals surface area contributed by atoms with E-state index in [0.29, 0.717) is 31.7 Å². The fraction of sp³-hybridized carbons (Fsp3) is 0.529. The zero-order chi connectivity index (χ0) is 16.1. The van der Waals surface area contributed by atoms with Crippen LogP contribution < -0.4 is 4.74 Å². The minimum Gasteiger partial charge on any atom is -0.481 e. The molecule has 1 N–H and O–H groups in total. The summed E-state index contributed by atoms with van der Waals surface area (Å²) in [6.45, 7) is 4.79. The maximum absolute atomic E-state index is 12.4. The molecule has 1 aliphatic rings. The summed E-state index contributed by atoms with van der Waals surface area (Å²) >= 11 is 0. The molecule has 1 aliphatic heterocycles. The fourth-order valence-electron chi connectivity index (χ4n) is 2.66. The normalized spacial score (nSPS) is 17.1. The Morgan fingerprint density at radius 2 is 1.86 bits per heavy atom. The molecular formula is C17H23NO4. The van der Waals surface area contributed by atoms with Gasteiger partial charge in [-0.3, -0.25) is 9.59 Å². The lowest BCUT2D eigenvalue weighted by atomic mass is 9.97. The number of carbonyl (C=O) groups excluding carboxylic acids is 1. The molecular weight excluding hydrogens is 282 g/mol. The van der Waals surface area contributed by atoms with Crippen molar-refractivity contribution in [1.82, 2.24) is 4.90 Å². The van der Waals surface area contributed by atoms with Crippen LogP contribution in [0.15, 0.2) is 24.3 Å². The number of hydrogen-bond donors (Lipinski definition) is 1. The fourth-order valence-corrected chi connectivity index (χ4v) is 2.66. The van der Waals surface area contributed by atoms with Crippen molar-refractivity contribution in [3.8, 4) is 5.75 Å². The van der Waals surface area contributed by atoms with Gasteiger partial charge in [0, 0.05) is 13.1 Å². The molecule has 1 aromatic rings. The molecule has 5 nitrogen and oxygen atoms in total. The van der Waals surface area contributed by atoms with Crippen LogP contribution in [0.25, 0.3) is 0 Å². The smallest absolute Gasteiger partial charge is 0.306 e. The van der Waals surface area contributed by atoms with Crippen molar-refractivity contribution in [3.63, 3.8) is 0 Å². The maximum atomic E-state index is 12.4. The number of aryl methyl sites for hydroxylation is 1. The molecule has 0 bridgehead atoms. The number of ether oxygens (including phenoxy) is 1. The summed E-state index contributed by atoms with van der Waals surface area (Å²) in [7, 11) is 0. The van der Waals surface area contributed by atoms with Crippen LogP contribution in [0.5, 0.6) is 5.75 Å². The molecule has 0 saturated carbocycles. The number of amides is 1. The van der Waals surface area contributed by atoms with Crippen molar-refractivity contribution in [2.75, 3.05) is 13.1 Å². The van der Waals surface area contributed by atoms with Crippen LogP contribution >= 0.6 is 0 Å². The third-order valence-corrected chi connectivity index (χ3v) is 4.15. The molecule has 2 rings (SSSR count). The van der Waals surface area contributed by atoms with Crippen molar-refractivity contribution >= 4 is 11.9 Å². The van der Waals surface area contributed by atoms with E-state index >= 15 is 0 Å². The second-order valence-corrected chi connectivity index (χ2v) is 5.70. The highest BCUT2D eigenvalue weighted by molar-refractivity contribution is 5.81. The van der Waals surface area contributed by atoms with Gasteiger partial charge in [0.15, 0.2) is 6.10 Å². The van der Waals surface area contributed by atoms with E-state index in [1.54, 1.807) is 11.8 Å². The Morgan fingerprint density at radius 3 is 2.36 bits per heavy atom. The number of carboxylic acids is 1. The Morgan fingerprint density at radius 1 is 1.27 bits per heavy atom. The molecule has 0 aliphatic carbocycles. The molecule has 0 spiro atoms. The second kappa shape index (κ2) is 7.29. The average molecular weight is 305 g/mol. The lowest BCUT2D eigenvalue weighted by Gasteiger charge is -2.32. The first-order chi connectivity index (χ1) is 10.5. The zero-order valence-electron chi connectivity index (χ0n) is 13.1. The van der Waals surface area contributed by atoms with Gasteiger partial charge in [0.1, 0.15) is 5.75 Å². The van der Waals surface area contributed by atoms with Crippen LogP contribution in [0, 0.1) is 5.92 Å². The predicted molar refractivity (Wildman–Crippen MR) is 82.8 cm³/mol. The topological polar surface area (TPSA) is 66.8 Å². The van der Waals surface area contributed by atoms with Crippen LogP contribution in [0.2, 0.25) is 0 Å². The minimum absolute atomic E-state index is 0.0802. The highest BCUT2D eigenvalue weighted by Gasteiger charge is 2.29. The molecule has 1 unspecified atom stereocenters. The highest BCUT2D eigenvalue weighted by atomic mass is 16.5. The van der Waals surface area contributed by atoms with E-state index in [2.05, 4.69) is 6.92 Å². The third kappa shape index (κ3) is 4.00. The van der Waals surface area contributed by atoms with E-state index < -0.39 is 12.1 Å². The van der Waals surface area contributed by atoms with Gasteiger partial charge >= 0.3 is 5.97 Å². The van der Waals surface area contributed by atoms with Crippen molar-refractivity contribution in [2.45, 2.75) is 39.2 Å². The molecule has 1 heterocycles. The van der Waals surface area contributed by atoms with E-state index in [1.165, 1.54) is 5.56 Å². The van der Waals surface area contributed by atoms with Crippen LogP contribution in [0.3, 0.4) is 0 Å². The largest absolute Gasteiger partial charge is 0.481 e. The summed E-state index contributed by atoms with van der Waals surface area (Å²) in [5, 5.41) is 8.98. The molecule has 0 radical (unpaired) electrons. The number of piperidine rings is 1. The Kier molecular flexibility index (Phi) is 5.41. The Hall–Kier alpha value is -2.04. The molecule has 1 amide bonds. The SMILES string of the molecule is CCc1ccc(OC(C)C(=O)N2CCC(C(=O)O)CC2)cc1. The standard InChI is InChI=1S/C17H23NO4/c1-3-13-4-6-15(7-5-13)22-12(2)16(19)18-10-8-14(9-11-18)17(20)21/h4-7,12,14H,3,8-11H2,1-2H3,(H,20,21). The number of carboxylic acid groups (broad SMARTS) is 1. The van der Waals surface area contributed by atoms with E-state index in [9.17, 15) is 9.59 Å². The Bertz CT molecular complexity index is 518. The van der Waals surface area contributed by atoms with Gasteiger partial charge in [-0.1, -0.05) is 19.1 Å². The molecule has 0 aromatic heterocycles. The summed E-state index contributed by atoms with van der Waals surface area (Å²) in [5.41, 5.74) is 1.22. The molecule has 1 atom stereocenters. The first kappa shape index (κ1) is 16.3. The number of likely N-dealkylation sites (tertiary alicyclic amines) is 1. The summed E-state index contributed by atoms with van der Waals surface area (Å²) < 4.78 is 5.70. The molecule has 22 heavy (non-hydrogen) atoms. The number of aliphatic carboxylic acids is 1. The minimum atomic E-state index is -0.771. The molecule has 120 valence electrons. The monoisotopic (exact) mass is 305 g/mol. The number of rotatable bonds is 5. The van der Waals surface area contributed by atoms with E-state index in [0.717, 1.165) is 6.42 Å². The zero-order valence-corrected chi connectivity index (χ0v) is 13.1. The van der Waals surface area contributed by atoms with E-state index in [-0.39, 0.29) is 11.8 Å². The first-order valence-corrected chi connectivity index (χ1v) is 7.78. The van der Waals surface area contributed by atoms with Crippen molar-refractivity contribution < 1.29 is 19.4 Å². The summed E-state index contributed by atoms with van der Waals surface area (Å²) in [6.07, 6.45) is 1.43. The average Bonchev–Trinajstić information content (AvgIpc) is 2.55. The van der Waals surface area contributed by atoms with Crippen LogP contribution in [-0.2, 0) is 16.0 Å². The van der Waals surface area contributed by atoms with Gasteiger partial charge < -0.3 is 14.7 Å².